The molecule has 0 aliphatic heterocycles. The van der Waals surface area contributed by atoms with Gasteiger partial charge < -0.3 is 15.8 Å². The van der Waals surface area contributed by atoms with Crippen molar-refractivity contribution in [3.63, 3.8) is 0 Å². The zero-order valence-corrected chi connectivity index (χ0v) is 12.5. The molecular formula is C14H22N2O2S. The monoisotopic (exact) mass is 282 g/mol. The predicted molar refractivity (Wildman–Crippen MR) is 77.0 cm³/mol. The second kappa shape index (κ2) is 5.61. The van der Waals surface area contributed by atoms with E-state index in [1.165, 1.54) is 11.3 Å². The Morgan fingerprint density at radius 3 is 2.95 bits per heavy atom. The molecule has 1 heterocycles. The summed E-state index contributed by atoms with van der Waals surface area (Å²) in [5.41, 5.74) is 5.93. The highest BCUT2D eigenvalue weighted by molar-refractivity contribution is 7.10. The normalized spacial score (nSPS) is 26.5. The summed E-state index contributed by atoms with van der Waals surface area (Å²) in [6.45, 7) is 6.95. The predicted octanol–water partition coefficient (Wildman–Crippen LogP) is 2.07. The number of rotatable bonds is 5. The van der Waals surface area contributed by atoms with Crippen molar-refractivity contribution >= 4 is 17.2 Å². The molecule has 0 bridgehead atoms. The number of carbonyl (C=O) groups is 1. The molecule has 1 aliphatic carbocycles. The first-order valence-electron chi connectivity index (χ1n) is 6.67. The number of ether oxygens (including phenoxy) is 1. The Labute approximate surface area is 118 Å². The summed E-state index contributed by atoms with van der Waals surface area (Å²) in [5.74, 6) is -0.101. The van der Waals surface area contributed by atoms with Crippen LogP contribution in [0.4, 0.5) is 0 Å². The van der Waals surface area contributed by atoms with Gasteiger partial charge in [0, 0.05) is 22.9 Å². The molecule has 0 saturated heterocycles. The molecule has 1 fully saturated rings. The van der Waals surface area contributed by atoms with Crippen LogP contribution < -0.4 is 11.1 Å². The molecule has 0 spiro atoms. The van der Waals surface area contributed by atoms with Gasteiger partial charge in [0.05, 0.1) is 6.10 Å². The van der Waals surface area contributed by atoms with Gasteiger partial charge in [-0.1, -0.05) is 19.9 Å². The number of nitrogens with one attached hydrogen (secondary N) is 1. The Morgan fingerprint density at radius 2 is 2.42 bits per heavy atom. The van der Waals surface area contributed by atoms with E-state index in [1.54, 1.807) is 0 Å². The van der Waals surface area contributed by atoms with E-state index in [1.807, 2.05) is 24.4 Å². The van der Waals surface area contributed by atoms with Gasteiger partial charge in [0.15, 0.2) is 0 Å². The lowest BCUT2D eigenvalue weighted by molar-refractivity contribution is -0.137. The molecular weight excluding hydrogens is 260 g/mol. The number of thiophene rings is 1. The third-order valence-corrected chi connectivity index (χ3v) is 4.95. The minimum atomic E-state index is -0.568. The van der Waals surface area contributed by atoms with Crippen molar-refractivity contribution in [1.82, 2.24) is 5.32 Å². The van der Waals surface area contributed by atoms with Gasteiger partial charge in [0.2, 0.25) is 5.91 Å². The molecule has 1 aromatic rings. The van der Waals surface area contributed by atoms with Crippen LogP contribution in [-0.2, 0) is 9.53 Å². The smallest absolute Gasteiger partial charge is 0.242 e. The van der Waals surface area contributed by atoms with E-state index >= 15 is 0 Å². The maximum atomic E-state index is 12.1. The molecule has 4 nitrogen and oxygen atoms in total. The number of hydrogen-bond donors (Lipinski definition) is 2. The minimum absolute atomic E-state index is 0.0269. The summed E-state index contributed by atoms with van der Waals surface area (Å²) in [4.78, 5) is 13.0. The number of nitrogens with two attached hydrogens (primary N) is 1. The highest BCUT2D eigenvalue weighted by Gasteiger charge is 2.49. The van der Waals surface area contributed by atoms with Gasteiger partial charge in [-0.2, -0.15) is 0 Å². The van der Waals surface area contributed by atoms with E-state index in [9.17, 15) is 4.79 Å². The van der Waals surface area contributed by atoms with Crippen LogP contribution in [0.25, 0.3) is 0 Å². The summed E-state index contributed by atoms with van der Waals surface area (Å²) in [6, 6.07) is 3.37. The van der Waals surface area contributed by atoms with Crippen LogP contribution in [0.15, 0.2) is 17.5 Å². The molecule has 5 heteroatoms. The molecule has 1 amide bonds. The van der Waals surface area contributed by atoms with Crippen LogP contribution in [-0.4, -0.2) is 24.7 Å². The second-order valence-corrected chi connectivity index (χ2v) is 6.53. The lowest BCUT2D eigenvalue weighted by atomic mass is 9.64. The standard InChI is InChI=1S/C14H22N2O2S/c1-4-18-11-8-10(14(11,2)3)16-13(17)12(15)9-6-5-7-19-9/h5-7,10-12H,4,8,15H2,1-3H3,(H,16,17). The average molecular weight is 282 g/mol. The Balaban J connectivity index is 1.91. The van der Waals surface area contributed by atoms with E-state index in [4.69, 9.17) is 10.5 Å². The number of amides is 1. The second-order valence-electron chi connectivity index (χ2n) is 5.56. The number of carbonyl (C=O) groups excluding carboxylic acids is 1. The van der Waals surface area contributed by atoms with E-state index in [0.29, 0.717) is 6.61 Å². The van der Waals surface area contributed by atoms with Gasteiger partial charge in [-0.3, -0.25) is 4.79 Å². The molecule has 2 rings (SSSR count). The SMILES string of the molecule is CCOC1CC(NC(=O)C(N)c2cccs2)C1(C)C. The fourth-order valence-corrected chi connectivity index (χ4v) is 3.20. The van der Waals surface area contributed by atoms with Gasteiger partial charge in [0.25, 0.3) is 0 Å². The van der Waals surface area contributed by atoms with Crippen LogP contribution in [0.1, 0.15) is 38.1 Å². The van der Waals surface area contributed by atoms with Crippen molar-refractivity contribution in [3.8, 4) is 0 Å². The quantitative estimate of drug-likeness (QED) is 0.869. The third-order valence-electron chi connectivity index (χ3n) is 3.99. The zero-order valence-electron chi connectivity index (χ0n) is 11.7. The highest BCUT2D eigenvalue weighted by atomic mass is 32.1. The number of hydrogen-bond acceptors (Lipinski definition) is 4. The van der Waals surface area contributed by atoms with Crippen LogP contribution in [0.3, 0.4) is 0 Å². The lowest BCUT2D eigenvalue weighted by Crippen LogP contribution is -2.62. The maximum absolute atomic E-state index is 12.1. The molecule has 0 radical (unpaired) electrons. The minimum Gasteiger partial charge on any atom is -0.378 e. The van der Waals surface area contributed by atoms with Crippen LogP contribution >= 0.6 is 11.3 Å². The molecule has 0 aromatic carbocycles. The van der Waals surface area contributed by atoms with Crippen molar-refractivity contribution in [3.05, 3.63) is 22.4 Å². The fraction of sp³-hybridized carbons (Fsp3) is 0.643. The molecule has 3 N–H and O–H groups in total. The summed E-state index contributed by atoms with van der Waals surface area (Å²) in [7, 11) is 0. The molecule has 1 saturated carbocycles. The Hall–Kier alpha value is -0.910. The largest absolute Gasteiger partial charge is 0.378 e. The lowest BCUT2D eigenvalue weighted by Gasteiger charge is -2.51. The maximum Gasteiger partial charge on any atom is 0.242 e. The average Bonchev–Trinajstić information content (AvgIpc) is 2.90. The molecule has 1 aromatic heterocycles. The highest BCUT2D eigenvalue weighted by Crippen LogP contribution is 2.42. The molecule has 19 heavy (non-hydrogen) atoms. The zero-order chi connectivity index (χ0) is 14.0. The van der Waals surface area contributed by atoms with Gasteiger partial charge in [-0.25, -0.2) is 0 Å². The van der Waals surface area contributed by atoms with E-state index in [2.05, 4.69) is 19.2 Å². The van der Waals surface area contributed by atoms with Gasteiger partial charge in [-0.15, -0.1) is 11.3 Å². The van der Waals surface area contributed by atoms with E-state index < -0.39 is 6.04 Å². The summed E-state index contributed by atoms with van der Waals surface area (Å²) in [5, 5.41) is 4.98. The van der Waals surface area contributed by atoms with Crippen LogP contribution in [0.5, 0.6) is 0 Å². The van der Waals surface area contributed by atoms with Crippen LogP contribution in [0, 0.1) is 5.41 Å². The summed E-state index contributed by atoms with van der Waals surface area (Å²) in [6.07, 6.45) is 1.09. The Bertz CT molecular complexity index is 431. The Morgan fingerprint density at radius 1 is 1.68 bits per heavy atom. The molecule has 1 aliphatic rings. The first-order chi connectivity index (χ1) is 8.96. The van der Waals surface area contributed by atoms with Crippen molar-refractivity contribution in [2.24, 2.45) is 11.1 Å². The van der Waals surface area contributed by atoms with E-state index in [-0.39, 0.29) is 23.5 Å². The molecule has 106 valence electrons. The third kappa shape index (κ3) is 2.83. The van der Waals surface area contributed by atoms with Crippen molar-refractivity contribution in [1.29, 1.82) is 0 Å². The molecule has 3 atom stereocenters. The van der Waals surface area contributed by atoms with E-state index in [0.717, 1.165) is 11.3 Å². The fourth-order valence-electron chi connectivity index (χ4n) is 2.47. The molecule has 3 unspecified atom stereocenters. The summed E-state index contributed by atoms with van der Waals surface area (Å²) < 4.78 is 5.66. The van der Waals surface area contributed by atoms with Crippen molar-refractivity contribution < 1.29 is 9.53 Å². The van der Waals surface area contributed by atoms with Gasteiger partial charge in [-0.05, 0) is 24.8 Å². The van der Waals surface area contributed by atoms with Gasteiger partial charge in [0.1, 0.15) is 6.04 Å². The topological polar surface area (TPSA) is 64.3 Å². The van der Waals surface area contributed by atoms with Crippen LogP contribution in [0.2, 0.25) is 0 Å². The first kappa shape index (κ1) is 14.5. The van der Waals surface area contributed by atoms with Crippen molar-refractivity contribution in [2.75, 3.05) is 6.61 Å². The van der Waals surface area contributed by atoms with Gasteiger partial charge >= 0.3 is 0 Å². The summed E-state index contributed by atoms with van der Waals surface area (Å²) >= 11 is 1.51. The van der Waals surface area contributed by atoms with Crippen molar-refractivity contribution in [2.45, 2.75) is 45.4 Å². The Kier molecular flexibility index (Phi) is 4.28. The first-order valence-corrected chi connectivity index (χ1v) is 7.55.